The van der Waals surface area contributed by atoms with Crippen molar-refractivity contribution in [3.8, 4) is 11.5 Å². The zero-order chi connectivity index (χ0) is 21.9. The van der Waals surface area contributed by atoms with E-state index in [1.54, 1.807) is 7.11 Å². The lowest BCUT2D eigenvalue weighted by molar-refractivity contribution is 0.311. The van der Waals surface area contributed by atoms with E-state index in [1.807, 2.05) is 31.3 Å². The van der Waals surface area contributed by atoms with Gasteiger partial charge in [0.1, 0.15) is 0 Å². The van der Waals surface area contributed by atoms with Crippen LogP contribution in [-0.2, 0) is 0 Å². The molecule has 1 aliphatic heterocycles. The van der Waals surface area contributed by atoms with Crippen molar-refractivity contribution >= 4 is 17.6 Å². The van der Waals surface area contributed by atoms with Gasteiger partial charge < -0.3 is 14.8 Å². The van der Waals surface area contributed by atoms with Crippen LogP contribution in [-0.4, -0.2) is 19.9 Å². The standard InChI is InChI=1S/C28H28N2O2/c1-3-32-26-16-11-19(17-27(26)31-2)18-29-21-14-12-20(13-15-21)28-24-9-6-8-22(24)23-7-4-5-10-25(23)30-28/h4-8,10-18,22,24,28,30H,3,9H2,1-2H3/t22-,24+,28+/m1/s1. The highest BCUT2D eigenvalue weighted by molar-refractivity contribution is 5.83. The molecule has 0 spiro atoms. The highest BCUT2D eigenvalue weighted by atomic mass is 16.5. The predicted molar refractivity (Wildman–Crippen MR) is 131 cm³/mol. The average molecular weight is 425 g/mol. The highest BCUT2D eigenvalue weighted by Gasteiger charge is 2.37. The third kappa shape index (κ3) is 3.89. The first-order chi connectivity index (χ1) is 15.8. The molecular weight excluding hydrogens is 396 g/mol. The van der Waals surface area contributed by atoms with Crippen molar-refractivity contribution in [1.29, 1.82) is 0 Å². The summed E-state index contributed by atoms with van der Waals surface area (Å²) in [6.07, 6.45) is 7.67. The fourth-order valence-corrected chi connectivity index (χ4v) is 4.83. The molecule has 0 saturated heterocycles. The Bertz CT molecular complexity index is 1150. The van der Waals surface area contributed by atoms with Gasteiger partial charge in [0, 0.05) is 17.8 Å². The number of fused-ring (bicyclic) bond motifs is 3. The summed E-state index contributed by atoms with van der Waals surface area (Å²) in [6.45, 7) is 2.57. The summed E-state index contributed by atoms with van der Waals surface area (Å²) in [6, 6.07) is 23.4. The Morgan fingerprint density at radius 3 is 2.69 bits per heavy atom. The molecule has 0 unspecified atom stereocenters. The molecule has 0 bridgehead atoms. The predicted octanol–water partition coefficient (Wildman–Crippen LogP) is 6.67. The highest BCUT2D eigenvalue weighted by Crippen LogP contribution is 2.49. The lowest BCUT2D eigenvalue weighted by Gasteiger charge is -2.37. The van der Waals surface area contributed by atoms with Crippen LogP contribution in [0.25, 0.3) is 0 Å². The molecule has 1 N–H and O–H groups in total. The molecule has 0 aromatic heterocycles. The molecule has 32 heavy (non-hydrogen) atoms. The van der Waals surface area contributed by atoms with Gasteiger partial charge in [-0.2, -0.15) is 0 Å². The van der Waals surface area contributed by atoms with Crippen LogP contribution in [0.3, 0.4) is 0 Å². The summed E-state index contributed by atoms with van der Waals surface area (Å²) in [4.78, 5) is 4.66. The van der Waals surface area contributed by atoms with Gasteiger partial charge in [0.2, 0.25) is 0 Å². The second-order valence-electron chi connectivity index (χ2n) is 8.26. The van der Waals surface area contributed by atoms with Crippen LogP contribution >= 0.6 is 0 Å². The third-order valence-corrected chi connectivity index (χ3v) is 6.37. The summed E-state index contributed by atoms with van der Waals surface area (Å²) < 4.78 is 11.0. The maximum atomic E-state index is 5.59. The third-order valence-electron chi connectivity index (χ3n) is 6.37. The number of methoxy groups -OCH3 is 1. The Morgan fingerprint density at radius 1 is 1.03 bits per heavy atom. The van der Waals surface area contributed by atoms with E-state index < -0.39 is 0 Å². The first-order valence-corrected chi connectivity index (χ1v) is 11.2. The van der Waals surface area contributed by atoms with Gasteiger partial charge in [0.25, 0.3) is 0 Å². The molecule has 3 aromatic carbocycles. The van der Waals surface area contributed by atoms with Crippen LogP contribution < -0.4 is 14.8 Å². The van der Waals surface area contributed by atoms with Crippen LogP contribution in [0.15, 0.2) is 83.9 Å². The van der Waals surface area contributed by atoms with Crippen LogP contribution in [0.2, 0.25) is 0 Å². The van der Waals surface area contributed by atoms with Crippen LogP contribution in [0.4, 0.5) is 11.4 Å². The molecular formula is C28H28N2O2. The first kappa shape index (κ1) is 20.4. The minimum Gasteiger partial charge on any atom is -0.493 e. The van der Waals surface area contributed by atoms with Gasteiger partial charge in [-0.1, -0.05) is 42.5 Å². The summed E-state index contributed by atoms with van der Waals surface area (Å²) in [5.74, 6) is 2.51. The lowest BCUT2D eigenvalue weighted by atomic mass is 9.77. The summed E-state index contributed by atoms with van der Waals surface area (Å²) in [7, 11) is 1.65. The Kier molecular flexibility index (Phi) is 5.68. The normalized spacial score (nSPS) is 21.1. The van der Waals surface area contributed by atoms with E-state index in [1.165, 1.54) is 16.8 Å². The summed E-state index contributed by atoms with van der Waals surface area (Å²) >= 11 is 0. The summed E-state index contributed by atoms with van der Waals surface area (Å²) in [5, 5.41) is 3.79. The monoisotopic (exact) mass is 424 g/mol. The molecule has 2 aliphatic rings. The van der Waals surface area contributed by atoms with Gasteiger partial charge >= 0.3 is 0 Å². The molecule has 0 fully saturated rings. The van der Waals surface area contributed by atoms with Crippen molar-refractivity contribution in [2.45, 2.75) is 25.3 Å². The van der Waals surface area contributed by atoms with Gasteiger partial charge in [0.05, 0.1) is 25.4 Å². The largest absolute Gasteiger partial charge is 0.493 e. The Balaban J connectivity index is 1.34. The number of para-hydroxylation sites is 1. The number of ether oxygens (including phenoxy) is 2. The topological polar surface area (TPSA) is 42.8 Å². The van der Waals surface area contributed by atoms with Crippen molar-refractivity contribution < 1.29 is 9.47 Å². The molecule has 0 radical (unpaired) electrons. The maximum Gasteiger partial charge on any atom is 0.161 e. The smallest absolute Gasteiger partial charge is 0.161 e. The van der Waals surface area contributed by atoms with Crippen LogP contribution in [0, 0.1) is 5.92 Å². The minimum absolute atomic E-state index is 0.304. The van der Waals surface area contributed by atoms with E-state index in [2.05, 4.69) is 71.0 Å². The van der Waals surface area contributed by atoms with E-state index in [9.17, 15) is 0 Å². The molecule has 1 aliphatic carbocycles. The number of hydrogen-bond donors (Lipinski definition) is 1. The SMILES string of the molecule is CCOc1ccc(C=Nc2ccc([C@@H]3Nc4ccccc4[C@H]4C=CC[C@@H]43)cc2)cc1OC. The number of anilines is 1. The van der Waals surface area contributed by atoms with E-state index in [4.69, 9.17) is 9.47 Å². The zero-order valence-corrected chi connectivity index (χ0v) is 18.5. The average Bonchev–Trinajstić information content (AvgIpc) is 3.34. The number of hydrogen-bond acceptors (Lipinski definition) is 4. The number of nitrogens with zero attached hydrogens (tertiary/aromatic N) is 1. The van der Waals surface area contributed by atoms with Gasteiger partial charge in [-0.25, -0.2) is 0 Å². The molecule has 4 heteroatoms. The van der Waals surface area contributed by atoms with Crippen LogP contribution in [0.1, 0.15) is 42.0 Å². The van der Waals surface area contributed by atoms with Crippen molar-refractivity contribution in [3.63, 3.8) is 0 Å². The molecule has 0 amide bonds. The molecule has 1 heterocycles. The van der Waals surface area contributed by atoms with Gasteiger partial charge in [-0.05, 0) is 72.4 Å². The van der Waals surface area contributed by atoms with Gasteiger partial charge in [0.15, 0.2) is 11.5 Å². The van der Waals surface area contributed by atoms with Crippen molar-refractivity contribution in [2.24, 2.45) is 10.9 Å². The Hall–Kier alpha value is -3.53. The van der Waals surface area contributed by atoms with E-state index >= 15 is 0 Å². The van der Waals surface area contributed by atoms with E-state index in [0.717, 1.165) is 29.2 Å². The van der Waals surface area contributed by atoms with Gasteiger partial charge in [-0.15, -0.1) is 0 Å². The lowest BCUT2D eigenvalue weighted by Crippen LogP contribution is -2.28. The van der Waals surface area contributed by atoms with E-state index in [0.29, 0.717) is 24.5 Å². The molecule has 4 nitrogen and oxygen atoms in total. The summed E-state index contributed by atoms with van der Waals surface area (Å²) in [5.41, 5.74) is 5.87. The maximum absolute atomic E-state index is 5.59. The molecule has 5 rings (SSSR count). The zero-order valence-electron chi connectivity index (χ0n) is 18.5. The van der Waals surface area contributed by atoms with Crippen molar-refractivity contribution in [3.05, 3.63) is 95.6 Å². The van der Waals surface area contributed by atoms with Crippen LogP contribution in [0.5, 0.6) is 11.5 Å². The second-order valence-corrected chi connectivity index (χ2v) is 8.26. The number of allylic oxidation sites excluding steroid dienone is 2. The number of aliphatic imine (C=N–C) groups is 1. The van der Waals surface area contributed by atoms with Gasteiger partial charge in [-0.3, -0.25) is 4.99 Å². The minimum atomic E-state index is 0.304. The Labute approximate surface area is 189 Å². The second kappa shape index (κ2) is 8.91. The van der Waals surface area contributed by atoms with E-state index in [-0.39, 0.29) is 0 Å². The molecule has 3 aromatic rings. The number of rotatable bonds is 6. The fourth-order valence-electron chi connectivity index (χ4n) is 4.83. The quantitative estimate of drug-likeness (QED) is 0.355. The molecule has 3 atom stereocenters. The molecule has 162 valence electrons. The number of benzene rings is 3. The molecule has 0 saturated carbocycles. The fraction of sp³-hybridized carbons (Fsp3) is 0.250. The van der Waals surface area contributed by atoms with Crippen molar-refractivity contribution in [1.82, 2.24) is 0 Å². The number of nitrogens with one attached hydrogen (secondary N) is 1. The van der Waals surface area contributed by atoms with Crippen molar-refractivity contribution in [2.75, 3.05) is 19.0 Å². The Morgan fingerprint density at radius 2 is 1.88 bits per heavy atom. The first-order valence-electron chi connectivity index (χ1n) is 11.2.